The molecule has 3 heteroatoms. The fourth-order valence-corrected chi connectivity index (χ4v) is 1.44. The van der Waals surface area contributed by atoms with Gasteiger partial charge in [0, 0.05) is 6.42 Å². The number of ether oxygens (including phenoxy) is 1. The fourth-order valence-electron chi connectivity index (χ4n) is 1.44. The number of hydrogen-bond acceptors (Lipinski definition) is 2. The van der Waals surface area contributed by atoms with Crippen LogP contribution in [0.2, 0.25) is 0 Å². The Kier molecular flexibility index (Phi) is 2.00. The molecule has 0 spiro atoms. The Balaban J connectivity index is 2.42. The molecule has 2 nitrogen and oxygen atoms in total. The molecule has 0 atom stereocenters. The number of nitrogens with zero attached hydrogens (tertiary/aromatic N) is 1. The number of hydrogen-bond donors (Lipinski definition) is 0. The van der Waals surface area contributed by atoms with E-state index in [0.29, 0.717) is 0 Å². The Morgan fingerprint density at radius 3 is 3.00 bits per heavy atom. The van der Waals surface area contributed by atoms with Gasteiger partial charge in [0.05, 0.1) is 12.8 Å². The van der Waals surface area contributed by atoms with Gasteiger partial charge in [0.2, 0.25) is 0 Å². The summed E-state index contributed by atoms with van der Waals surface area (Å²) in [5, 5.41) is 0. The third-order valence-corrected chi connectivity index (χ3v) is 2.13. The van der Waals surface area contributed by atoms with Crippen molar-refractivity contribution in [3.05, 3.63) is 29.6 Å². The van der Waals surface area contributed by atoms with Crippen LogP contribution in [-0.4, -0.2) is 13.0 Å². The Bertz CT molecular complexity index is 360. The van der Waals surface area contributed by atoms with E-state index < -0.39 is 0 Å². The number of rotatable bonds is 0. The number of fused-ring (bicyclic) bond motifs is 1. The lowest BCUT2D eigenvalue weighted by Crippen LogP contribution is -2.07. The van der Waals surface area contributed by atoms with Crippen molar-refractivity contribution in [2.24, 2.45) is 4.99 Å². The van der Waals surface area contributed by atoms with Crippen molar-refractivity contribution in [3.63, 3.8) is 0 Å². The van der Waals surface area contributed by atoms with Crippen molar-refractivity contribution in [3.8, 4) is 0 Å². The molecule has 13 heavy (non-hydrogen) atoms. The zero-order chi connectivity index (χ0) is 9.26. The Labute approximate surface area is 76.1 Å². The molecule has 1 aromatic rings. The molecule has 68 valence electrons. The third kappa shape index (κ3) is 1.54. The summed E-state index contributed by atoms with van der Waals surface area (Å²) in [6, 6.07) is 4.63. The van der Waals surface area contributed by atoms with Crippen LogP contribution in [0.1, 0.15) is 12.0 Å². The summed E-state index contributed by atoms with van der Waals surface area (Å²) in [5.74, 6) is 0.522. The highest BCUT2D eigenvalue weighted by Gasteiger charge is 2.12. The topological polar surface area (TPSA) is 21.6 Å². The highest BCUT2D eigenvalue weighted by Crippen LogP contribution is 2.26. The molecule has 1 aliphatic rings. The summed E-state index contributed by atoms with van der Waals surface area (Å²) in [6.07, 6.45) is 1.56. The van der Waals surface area contributed by atoms with E-state index in [2.05, 4.69) is 4.99 Å². The Morgan fingerprint density at radius 1 is 1.38 bits per heavy atom. The summed E-state index contributed by atoms with van der Waals surface area (Å²) in [5.41, 5.74) is 1.78. The normalized spacial score (nSPS) is 14.8. The monoisotopic (exact) mass is 179 g/mol. The molecule has 0 bridgehead atoms. The summed E-state index contributed by atoms with van der Waals surface area (Å²) in [7, 11) is 1.60. The van der Waals surface area contributed by atoms with Crippen molar-refractivity contribution in [2.75, 3.05) is 7.11 Å². The van der Waals surface area contributed by atoms with Gasteiger partial charge in [0.15, 0.2) is 5.90 Å². The maximum Gasteiger partial charge on any atom is 0.188 e. The molecule has 0 saturated heterocycles. The second-order valence-corrected chi connectivity index (χ2v) is 2.98. The van der Waals surface area contributed by atoms with Gasteiger partial charge in [0.1, 0.15) is 5.82 Å². The molecule has 0 fully saturated rings. The largest absolute Gasteiger partial charge is 0.484 e. The van der Waals surface area contributed by atoms with Crippen LogP contribution < -0.4 is 0 Å². The number of methoxy groups -OCH3 is 1. The van der Waals surface area contributed by atoms with E-state index in [-0.39, 0.29) is 5.82 Å². The van der Waals surface area contributed by atoms with Crippen LogP contribution in [0.4, 0.5) is 10.1 Å². The predicted octanol–water partition coefficient (Wildman–Crippen LogP) is 2.45. The molecular weight excluding hydrogens is 169 g/mol. The van der Waals surface area contributed by atoms with Crippen molar-refractivity contribution in [1.29, 1.82) is 0 Å². The quantitative estimate of drug-likeness (QED) is 0.599. The predicted molar refractivity (Wildman–Crippen MR) is 48.8 cm³/mol. The smallest absolute Gasteiger partial charge is 0.188 e. The molecule has 1 aliphatic heterocycles. The SMILES string of the molecule is COC1=Nc2ccc(F)cc2CC1. The van der Waals surface area contributed by atoms with Crippen LogP contribution >= 0.6 is 0 Å². The van der Waals surface area contributed by atoms with Crippen LogP contribution in [0.25, 0.3) is 0 Å². The first-order chi connectivity index (χ1) is 6.29. The van der Waals surface area contributed by atoms with Crippen molar-refractivity contribution in [2.45, 2.75) is 12.8 Å². The molecule has 0 radical (unpaired) electrons. The van der Waals surface area contributed by atoms with Gasteiger partial charge in [0.25, 0.3) is 0 Å². The maximum atomic E-state index is 12.8. The highest BCUT2D eigenvalue weighted by molar-refractivity contribution is 5.82. The minimum atomic E-state index is -0.199. The molecule has 0 amide bonds. The zero-order valence-electron chi connectivity index (χ0n) is 7.38. The van der Waals surface area contributed by atoms with Crippen LogP contribution in [0, 0.1) is 5.82 Å². The maximum absolute atomic E-state index is 12.8. The van der Waals surface area contributed by atoms with E-state index in [0.717, 1.165) is 30.0 Å². The summed E-state index contributed by atoms with van der Waals surface area (Å²) >= 11 is 0. The highest BCUT2D eigenvalue weighted by atomic mass is 19.1. The van der Waals surface area contributed by atoms with Gasteiger partial charge >= 0.3 is 0 Å². The van der Waals surface area contributed by atoms with Crippen LogP contribution in [0.15, 0.2) is 23.2 Å². The minimum absolute atomic E-state index is 0.199. The number of halogens is 1. The second kappa shape index (κ2) is 3.17. The molecule has 1 aromatic carbocycles. The first kappa shape index (κ1) is 8.23. The fraction of sp³-hybridized carbons (Fsp3) is 0.300. The molecule has 0 unspecified atom stereocenters. The number of aliphatic imine (C=N–C) groups is 1. The summed E-state index contributed by atoms with van der Waals surface area (Å²) in [4.78, 5) is 4.23. The summed E-state index contributed by atoms with van der Waals surface area (Å²) < 4.78 is 17.8. The van der Waals surface area contributed by atoms with Crippen LogP contribution in [-0.2, 0) is 11.2 Å². The molecule has 0 saturated carbocycles. The van der Waals surface area contributed by atoms with E-state index in [1.165, 1.54) is 12.1 Å². The lowest BCUT2D eigenvalue weighted by molar-refractivity contribution is 0.388. The average Bonchev–Trinajstić information content (AvgIpc) is 2.17. The molecule has 0 N–H and O–H groups in total. The molecule has 1 heterocycles. The van der Waals surface area contributed by atoms with E-state index in [1.54, 1.807) is 13.2 Å². The van der Waals surface area contributed by atoms with E-state index in [4.69, 9.17) is 4.74 Å². The van der Waals surface area contributed by atoms with Gasteiger partial charge in [-0.2, -0.15) is 0 Å². The van der Waals surface area contributed by atoms with Gasteiger partial charge in [-0.1, -0.05) is 0 Å². The Hall–Kier alpha value is -1.38. The van der Waals surface area contributed by atoms with Gasteiger partial charge < -0.3 is 4.74 Å². The first-order valence-corrected chi connectivity index (χ1v) is 4.19. The number of benzene rings is 1. The first-order valence-electron chi connectivity index (χ1n) is 4.19. The van der Waals surface area contributed by atoms with Gasteiger partial charge in [-0.15, -0.1) is 0 Å². The Morgan fingerprint density at radius 2 is 2.23 bits per heavy atom. The van der Waals surface area contributed by atoms with Gasteiger partial charge in [-0.25, -0.2) is 9.38 Å². The van der Waals surface area contributed by atoms with E-state index >= 15 is 0 Å². The number of aryl methyl sites for hydroxylation is 1. The molecule has 0 aliphatic carbocycles. The van der Waals surface area contributed by atoms with E-state index in [9.17, 15) is 4.39 Å². The van der Waals surface area contributed by atoms with Crippen molar-refractivity contribution >= 4 is 11.6 Å². The lowest BCUT2D eigenvalue weighted by atomic mass is 10.0. The lowest BCUT2D eigenvalue weighted by Gasteiger charge is -2.13. The van der Waals surface area contributed by atoms with Crippen molar-refractivity contribution in [1.82, 2.24) is 0 Å². The molecular formula is C10H10FNO. The average molecular weight is 179 g/mol. The minimum Gasteiger partial charge on any atom is -0.484 e. The molecule has 2 rings (SSSR count). The van der Waals surface area contributed by atoms with Crippen LogP contribution in [0.3, 0.4) is 0 Å². The zero-order valence-corrected chi connectivity index (χ0v) is 7.38. The van der Waals surface area contributed by atoms with Gasteiger partial charge in [-0.05, 0) is 30.2 Å². The van der Waals surface area contributed by atoms with Crippen LogP contribution in [0.5, 0.6) is 0 Å². The molecule has 0 aromatic heterocycles. The third-order valence-electron chi connectivity index (χ3n) is 2.13. The standard InChI is InChI=1S/C10H10FNO/c1-13-10-5-2-7-6-8(11)3-4-9(7)12-10/h3-4,6H,2,5H2,1H3. The van der Waals surface area contributed by atoms with Gasteiger partial charge in [-0.3, -0.25) is 0 Å². The van der Waals surface area contributed by atoms with E-state index in [1.807, 2.05) is 0 Å². The summed E-state index contributed by atoms with van der Waals surface area (Å²) in [6.45, 7) is 0. The second-order valence-electron chi connectivity index (χ2n) is 2.98. The van der Waals surface area contributed by atoms with Crippen molar-refractivity contribution < 1.29 is 9.13 Å².